The molecule has 0 aliphatic rings. The molecule has 6 rings (SSSR count). The van der Waals surface area contributed by atoms with Crippen LogP contribution < -0.4 is 10.6 Å². The van der Waals surface area contributed by atoms with E-state index < -0.39 is 0 Å². The van der Waals surface area contributed by atoms with Crippen LogP contribution in [0.3, 0.4) is 0 Å². The molecular formula is C28H25N7OS. The van der Waals surface area contributed by atoms with Crippen LogP contribution in [0.1, 0.15) is 22.0 Å². The monoisotopic (exact) mass is 507 g/mol. The molecule has 0 saturated carbocycles. The molecule has 3 N–H and O–H groups in total. The van der Waals surface area contributed by atoms with E-state index in [0.717, 1.165) is 49.1 Å². The van der Waals surface area contributed by atoms with E-state index in [2.05, 4.69) is 61.8 Å². The average molecular weight is 508 g/mol. The topological polar surface area (TPSA) is 101 Å². The van der Waals surface area contributed by atoms with Crippen molar-refractivity contribution in [2.24, 2.45) is 7.05 Å². The Bertz CT molecular complexity index is 1730. The number of H-pyrrole nitrogens is 1. The van der Waals surface area contributed by atoms with Gasteiger partial charge >= 0.3 is 0 Å². The van der Waals surface area contributed by atoms with Crippen molar-refractivity contribution in [3.8, 4) is 10.6 Å². The van der Waals surface area contributed by atoms with Crippen molar-refractivity contribution in [1.82, 2.24) is 29.8 Å². The van der Waals surface area contributed by atoms with Crippen molar-refractivity contribution < 1.29 is 4.79 Å². The molecular weight excluding hydrogens is 482 g/mol. The van der Waals surface area contributed by atoms with E-state index in [1.165, 1.54) is 5.39 Å². The largest absolute Gasteiger partial charge is 0.359 e. The number of benzene rings is 1. The number of aromatic nitrogens is 5. The fourth-order valence-electron chi connectivity index (χ4n) is 4.45. The summed E-state index contributed by atoms with van der Waals surface area (Å²) < 4.78 is 2.88. The van der Waals surface area contributed by atoms with Gasteiger partial charge in [0.25, 0.3) is 5.91 Å². The third-order valence-electron chi connectivity index (χ3n) is 6.28. The number of hydrogen-bond acceptors (Lipinski definition) is 6. The number of fused-ring (bicyclic) bond motifs is 2. The van der Waals surface area contributed by atoms with E-state index in [1.54, 1.807) is 23.7 Å². The number of nitrogens with one attached hydrogen (secondary N) is 3. The third-order valence-corrected chi connectivity index (χ3v) is 7.46. The summed E-state index contributed by atoms with van der Waals surface area (Å²) >= 11 is 1.63. The SMILES string of the molecule is Cc1cc2cc(Nc3ccnc4cc(-c5cnc(C(=O)NCCc6ccccn6)n5C)sc34)ccc2[nH]1. The highest BCUT2D eigenvalue weighted by Crippen LogP contribution is 2.37. The number of anilines is 2. The minimum Gasteiger partial charge on any atom is -0.359 e. The third kappa shape index (κ3) is 4.56. The molecule has 1 aromatic carbocycles. The highest BCUT2D eigenvalue weighted by atomic mass is 32.1. The summed E-state index contributed by atoms with van der Waals surface area (Å²) in [7, 11) is 1.86. The Morgan fingerprint density at radius 1 is 1.05 bits per heavy atom. The van der Waals surface area contributed by atoms with Crippen LogP contribution in [0.4, 0.5) is 11.4 Å². The van der Waals surface area contributed by atoms with Crippen molar-refractivity contribution in [3.63, 3.8) is 0 Å². The van der Waals surface area contributed by atoms with Gasteiger partial charge in [-0.15, -0.1) is 11.3 Å². The summed E-state index contributed by atoms with van der Waals surface area (Å²) in [5.41, 5.74) is 6.96. The van der Waals surface area contributed by atoms with Gasteiger partial charge in [0.15, 0.2) is 5.82 Å². The molecule has 37 heavy (non-hydrogen) atoms. The first-order valence-corrected chi connectivity index (χ1v) is 12.8. The highest BCUT2D eigenvalue weighted by molar-refractivity contribution is 7.22. The number of hydrogen-bond donors (Lipinski definition) is 3. The van der Waals surface area contributed by atoms with Crippen LogP contribution in [0, 0.1) is 6.92 Å². The van der Waals surface area contributed by atoms with Crippen molar-refractivity contribution in [3.05, 3.63) is 90.4 Å². The first-order valence-electron chi connectivity index (χ1n) is 12.0. The van der Waals surface area contributed by atoms with Crippen LogP contribution in [0.15, 0.2) is 73.2 Å². The Kier molecular flexibility index (Phi) is 5.90. The molecule has 0 fully saturated rings. The summed E-state index contributed by atoms with van der Waals surface area (Å²) in [5, 5.41) is 7.67. The fourth-order valence-corrected chi connectivity index (χ4v) is 5.58. The number of aryl methyl sites for hydroxylation is 1. The van der Waals surface area contributed by atoms with Crippen molar-refractivity contribution >= 4 is 49.7 Å². The Hall–Kier alpha value is -4.50. The summed E-state index contributed by atoms with van der Waals surface area (Å²) in [6.07, 6.45) is 5.97. The lowest BCUT2D eigenvalue weighted by Gasteiger charge is -2.07. The van der Waals surface area contributed by atoms with Crippen LogP contribution >= 0.6 is 11.3 Å². The Morgan fingerprint density at radius 3 is 2.84 bits per heavy atom. The molecule has 0 unspecified atom stereocenters. The van der Waals surface area contributed by atoms with Crippen LogP contribution in [0.25, 0.3) is 31.7 Å². The molecule has 0 atom stereocenters. The molecule has 0 aliphatic carbocycles. The van der Waals surface area contributed by atoms with E-state index in [4.69, 9.17) is 0 Å². The first kappa shape index (κ1) is 22.9. The van der Waals surface area contributed by atoms with Gasteiger partial charge in [-0.2, -0.15) is 0 Å². The number of carbonyl (C=O) groups is 1. The molecule has 0 spiro atoms. The fraction of sp³-hybridized carbons (Fsp3) is 0.143. The van der Waals surface area contributed by atoms with Gasteiger partial charge in [0, 0.05) is 60.4 Å². The van der Waals surface area contributed by atoms with Crippen LogP contribution in [0.5, 0.6) is 0 Å². The molecule has 0 aliphatic heterocycles. The number of pyridine rings is 2. The van der Waals surface area contributed by atoms with Gasteiger partial charge in [-0.05, 0) is 55.5 Å². The second-order valence-electron chi connectivity index (χ2n) is 8.92. The van der Waals surface area contributed by atoms with Crippen LogP contribution in [0.2, 0.25) is 0 Å². The molecule has 8 nitrogen and oxygen atoms in total. The number of aromatic amines is 1. The predicted molar refractivity (Wildman–Crippen MR) is 148 cm³/mol. The summed E-state index contributed by atoms with van der Waals surface area (Å²) in [6, 6.07) is 18.2. The van der Waals surface area contributed by atoms with E-state index in [1.807, 2.05) is 48.1 Å². The Balaban J connectivity index is 1.22. The van der Waals surface area contributed by atoms with E-state index in [9.17, 15) is 4.79 Å². The summed E-state index contributed by atoms with van der Waals surface area (Å²) in [6.45, 7) is 2.55. The molecule has 5 aromatic heterocycles. The zero-order valence-corrected chi connectivity index (χ0v) is 21.3. The lowest BCUT2D eigenvalue weighted by molar-refractivity contribution is 0.0940. The standard InChI is InChI=1S/C28H25N7OS/c1-17-13-18-14-20(6-7-21(18)33-17)34-22-9-12-30-23-15-25(37-26(22)23)24-16-32-27(35(24)2)28(36)31-11-8-19-5-3-4-10-29-19/h3-7,9-10,12-16,33H,8,11H2,1-2H3,(H,30,34)(H,31,36). The zero-order valence-electron chi connectivity index (χ0n) is 20.4. The van der Waals surface area contributed by atoms with Crippen molar-refractivity contribution in [1.29, 1.82) is 0 Å². The van der Waals surface area contributed by atoms with E-state index in [-0.39, 0.29) is 5.91 Å². The number of amides is 1. The van der Waals surface area contributed by atoms with Gasteiger partial charge in [0.1, 0.15) is 0 Å². The second-order valence-corrected chi connectivity index (χ2v) is 9.97. The van der Waals surface area contributed by atoms with Gasteiger partial charge in [0.2, 0.25) is 0 Å². The molecule has 0 saturated heterocycles. The molecule has 0 bridgehead atoms. The van der Waals surface area contributed by atoms with Gasteiger partial charge in [-0.3, -0.25) is 14.8 Å². The summed E-state index contributed by atoms with van der Waals surface area (Å²) in [4.78, 5) is 30.4. The van der Waals surface area contributed by atoms with Gasteiger partial charge in [-0.25, -0.2) is 4.98 Å². The maximum atomic E-state index is 12.8. The number of carbonyl (C=O) groups excluding carboxylic acids is 1. The first-order chi connectivity index (χ1) is 18.0. The lowest BCUT2D eigenvalue weighted by Crippen LogP contribution is -2.28. The molecule has 0 radical (unpaired) electrons. The summed E-state index contributed by atoms with van der Waals surface area (Å²) in [5.74, 6) is 0.163. The Morgan fingerprint density at radius 2 is 1.97 bits per heavy atom. The molecule has 184 valence electrons. The maximum Gasteiger partial charge on any atom is 0.287 e. The van der Waals surface area contributed by atoms with E-state index in [0.29, 0.717) is 18.8 Å². The number of rotatable bonds is 7. The normalized spacial score (nSPS) is 11.3. The zero-order chi connectivity index (χ0) is 25.4. The molecule has 9 heteroatoms. The second kappa shape index (κ2) is 9.51. The van der Waals surface area contributed by atoms with Gasteiger partial charge < -0.3 is 20.2 Å². The number of nitrogens with zero attached hydrogens (tertiary/aromatic N) is 4. The van der Waals surface area contributed by atoms with Crippen LogP contribution in [-0.2, 0) is 13.5 Å². The predicted octanol–water partition coefficient (Wildman–Crippen LogP) is 5.60. The molecule has 6 aromatic rings. The number of thiophene rings is 1. The minimum atomic E-state index is -0.207. The highest BCUT2D eigenvalue weighted by Gasteiger charge is 2.18. The molecule has 1 amide bonds. The van der Waals surface area contributed by atoms with E-state index >= 15 is 0 Å². The van der Waals surface area contributed by atoms with Crippen LogP contribution in [-0.4, -0.2) is 37.0 Å². The number of imidazole rings is 1. The van der Waals surface area contributed by atoms with Crippen molar-refractivity contribution in [2.75, 3.05) is 11.9 Å². The average Bonchev–Trinajstić information content (AvgIpc) is 3.60. The van der Waals surface area contributed by atoms with Gasteiger partial charge in [0.05, 0.1) is 32.7 Å². The Labute approximate surface area is 217 Å². The molecule has 5 heterocycles. The lowest BCUT2D eigenvalue weighted by atomic mass is 10.2. The quantitative estimate of drug-likeness (QED) is 0.261. The minimum absolute atomic E-state index is 0.207. The smallest absolute Gasteiger partial charge is 0.287 e. The maximum absolute atomic E-state index is 12.8. The van der Waals surface area contributed by atoms with Crippen molar-refractivity contribution in [2.45, 2.75) is 13.3 Å². The van der Waals surface area contributed by atoms with Gasteiger partial charge in [-0.1, -0.05) is 6.07 Å².